The minimum atomic E-state index is 0.482. The first-order valence-corrected chi connectivity index (χ1v) is 6.93. The average molecular weight is 286 g/mol. The summed E-state index contributed by atoms with van der Waals surface area (Å²) in [6.45, 7) is 6.38. The van der Waals surface area contributed by atoms with E-state index in [4.69, 9.17) is 12.2 Å². The van der Waals surface area contributed by atoms with E-state index in [2.05, 4.69) is 52.5 Å². The van der Waals surface area contributed by atoms with Crippen molar-refractivity contribution >= 4 is 34.4 Å². The van der Waals surface area contributed by atoms with Gasteiger partial charge in [-0.2, -0.15) is 5.10 Å². The van der Waals surface area contributed by atoms with E-state index in [0.29, 0.717) is 11.7 Å². The third-order valence-corrected chi connectivity index (χ3v) is 3.23. The quantitative estimate of drug-likeness (QED) is 0.343. The summed E-state index contributed by atoms with van der Waals surface area (Å²) < 4.78 is 0. The number of aromatic nitrogens is 1. The summed E-state index contributed by atoms with van der Waals surface area (Å²) in [6, 6.07) is 6.28. The van der Waals surface area contributed by atoms with E-state index in [1.54, 1.807) is 12.3 Å². The van der Waals surface area contributed by atoms with Gasteiger partial charge in [-0.05, 0) is 24.2 Å². The van der Waals surface area contributed by atoms with Crippen molar-refractivity contribution in [3.05, 3.63) is 48.2 Å². The molecule has 0 bridgehead atoms. The number of thiocarbonyl (C=S) groups is 1. The summed E-state index contributed by atoms with van der Waals surface area (Å²) in [5, 5.41) is 8.74. The van der Waals surface area contributed by atoms with Gasteiger partial charge in [0.25, 0.3) is 0 Å². The van der Waals surface area contributed by atoms with Gasteiger partial charge in [-0.25, -0.2) is 0 Å². The lowest BCUT2D eigenvalue weighted by Gasteiger charge is -2.02. The zero-order valence-corrected chi connectivity index (χ0v) is 12.3. The summed E-state index contributed by atoms with van der Waals surface area (Å²) in [6.07, 6.45) is 6.46. The molecule has 2 aromatic rings. The number of para-hydroxylation sites is 1. The maximum Gasteiger partial charge on any atom is 0.187 e. The van der Waals surface area contributed by atoms with E-state index in [1.807, 2.05) is 6.20 Å². The summed E-state index contributed by atoms with van der Waals surface area (Å²) >= 11 is 5.06. The van der Waals surface area contributed by atoms with Crippen LogP contribution in [0.1, 0.15) is 18.1 Å². The second kappa shape index (κ2) is 6.86. The van der Waals surface area contributed by atoms with Gasteiger partial charge >= 0.3 is 0 Å². The number of aryl methyl sites for hydroxylation is 1. The summed E-state index contributed by atoms with van der Waals surface area (Å²) in [7, 11) is 0. The molecule has 104 valence electrons. The number of hydrazone groups is 1. The molecule has 1 heterocycles. The fraction of sp³-hybridized carbons (Fsp3) is 0.200. The topological polar surface area (TPSA) is 52.2 Å². The van der Waals surface area contributed by atoms with Crippen LogP contribution >= 0.6 is 12.2 Å². The number of aromatic amines is 1. The molecule has 0 fully saturated rings. The monoisotopic (exact) mass is 286 g/mol. The highest BCUT2D eigenvalue weighted by Crippen LogP contribution is 2.20. The molecule has 0 saturated heterocycles. The number of H-pyrrole nitrogens is 1. The number of rotatable bonds is 5. The van der Waals surface area contributed by atoms with Crippen LogP contribution in [-0.4, -0.2) is 22.9 Å². The summed E-state index contributed by atoms with van der Waals surface area (Å²) in [5.74, 6) is 0. The molecule has 0 atom stereocenters. The third kappa shape index (κ3) is 3.24. The fourth-order valence-corrected chi connectivity index (χ4v) is 2.14. The minimum absolute atomic E-state index is 0.482. The van der Waals surface area contributed by atoms with Crippen LogP contribution in [0.5, 0.6) is 0 Å². The normalized spacial score (nSPS) is 10.8. The van der Waals surface area contributed by atoms with Gasteiger partial charge in [0, 0.05) is 29.2 Å². The Bertz CT molecular complexity index is 642. The number of fused-ring (bicyclic) bond motifs is 1. The lowest BCUT2D eigenvalue weighted by atomic mass is 10.1. The van der Waals surface area contributed by atoms with Gasteiger partial charge in [0.15, 0.2) is 5.11 Å². The first-order chi connectivity index (χ1) is 9.76. The number of hydrogen-bond donors (Lipinski definition) is 3. The van der Waals surface area contributed by atoms with Crippen LogP contribution in [0.15, 0.2) is 42.2 Å². The van der Waals surface area contributed by atoms with Crippen LogP contribution in [0.25, 0.3) is 10.9 Å². The molecule has 0 aliphatic rings. The highest BCUT2D eigenvalue weighted by Gasteiger charge is 2.04. The first kappa shape index (κ1) is 14.3. The molecule has 0 unspecified atom stereocenters. The molecule has 3 N–H and O–H groups in total. The Kier molecular flexibility index (Phi) is 4.90. The maximum absolute atomic E-state index is 5.06. The zero-order valence-electron chi connectivity index (χ0n) is 11.4. The van der Waals surface area contributed by atoms with Gasteiger partial charge in [-0.15, -0.1) is 6.58 Å². The molecule has 20 heavy (non-hydrogen) atoms. The van der Waals surface area contributed by atoms with Crippen LogP contribution in [0.3, 0.4) is 0 Å². The van der Waals surface area contributed by atoms with E-state index in [9.17, 15) is 0 Å². The molecule has 4 nitrogen and oxygen atoms in total. The highest BCUT2D eigenvalue weighted by molar-refractivity contribution is 7.80. The molecule has 0 aliphatic heterocycles. The molecule has 2 rings (SSSR count). The number of nitrogens with one attached hydrogen (secondary N) is 3. The molecule has 1 aromatic heterocycles. The molecule has 1 aromatic carbocycles. The Balaban J connectivity index is 2.10. The van der Waals surface area contributed by atoms with Gasteiger partial charge in [0.1, 0.15) is 0 Å². The molecule has 0 spiro atoms. The molecule has 0 amide bonds. The largest absolute Gasteiger partial charge is 0.360 e. The van der Waals surface area contributed by atoms with E-state index in [0.717, 1.165) is 12.0 Å². The highest BCUT2D eigenvalue weighted by atomic mass is 32.1. The van der Waals surface area contributed by atoms with E-state index in [1.165, 1.54) is 16.5 Å². The van der Waals surface area contributed by atoms with Crippen LogP contribution in [-0.2, 0) is 6.42 Å². The van der Waals surface area contributed by atoms with Crippen molar-refractivity contribution in [2.75, 3.05) is 6.54 Å². The number of nitrogens with zero attached hydrogens (tertiary/aromatic N) is 1. The molecular formula is C15H18N4S. The van der Waals surface area contributed by atoms with Crippen LogP contribution < -0.4 is 10.7 Å². The average Bonchev–Trinajstić information content (AvgIpc) is 2.88. The van der Waals surface area contributed by atoms with Crippen molar-refractivity contribution in [1.82, 2.24) is 15.7 Å². The van der Waals surface area contributed by atoms with Gasteiger partial charge in [-0.1, -0.05) is 31.2 Å². The van der Waals surface area contributed by atoms with Crippen molar-refractivity contribution < 1.29 is 0 Å². The molecular weight excluding hydrogens is 268 g/mol. The SMILES string of the molecule is C=CCNC(=S)N/N=C/c1c[nH]c2c(CC)cccc12. The Morgan fingerprint density at radius 3 is 3.10 bits per heavy atom. The summed E-state index contributed by atoms with van der Waals surface area (Å²) in [4.78, 5) is 3.30. The molecule has 0 radical (unpaired) electrons. The zero-order chi connectivity index (χ0) is 14.4. The maximum atomic E-state index is 5.06. The van der Waals surface area contributed by atoms with Gasteiger partial charge < -0.3 is 10.3 Å². The van der Waals surface area contributed by atoms with Gasteiger partial charge in [-0.3, -0.25) is 5.43 Å². The predicted molar refractivity (Wildman–Crippen MR) is 89.2 cm³/mol. The fourth-order valence-electron chi connectivity index (χ4n) is 2.01. The predicted octanol–water partition coefficient (Wildman–Crippen LogP) is 2.71. The second-order valence-electron chi connectivity index (χ2n) is 4.31. The van der Waals surface area contributed by atoms with Gasteiger partial charge in [0.05, 0.1) is 6.21 Å². The van der Waals surface area contributed by atoms with Crippen molar-refractivity contribution in [2.24, 2.45) is 5.10 Å². The van der Waals surface area contributed by atoms with E-state index < -0.39 is 0 Å². The first-order valence-electron chi connectivity index (χ1n) is 6.53. The van der Waals surface area contributed by atoms with Crippen molar-refractivity contribution in [2.45, 2.75) is 13.3 Å². The lowest BCUT2D eigenvalue weighted by Crippen LogP contribution is -2.31. The molecule has 0 saturated carbocycles. The second-order valence-corrected chi connectivity index (χ2v) is 4.71. The lowest BCUT2D eigenvalue weighted by molar-refractivity contribution is 0.942. The number of benzene rings is 1. The Morgan fingerprint density at radius 1 is 1.50 bits per heavy atom. The standard InChI is InChI=1S/C15H18N4S/c1-3-8-16-15(20)19-18-10-12-9-17-14-11(4-2)6-5-7-13(12)14/h3,5-7,9-10,17H,1,4,8H2,2H3,(H2,16,19,20)/b18-10+. The molecule has 0 aliphatic carbocycles. The molecule has 5 heteroatoms. The third-order valence-electron chi connectivity index (χ3n) is 2.99. The van der Waals surface area contributed by atoms with Crippen molar-refractivity contribution in [1.29, 1.82) is 0 Å². The Hall–Kier alpha value is -2.14. The Morgan fingerprint density at radius 2 is 2.35 bits per heavy atom. The van der Waals surface area contributed by atoms with E-state index in [-0.39, 0.29) is 0 Å². The minimum Gasteiger partial charge on any atom is -0.360 e. The Labute approximate surface area is 124 Å². The van der Waals surface area contributed by atoms with E-state index >= 15 is 0 Å². The van der Waals surface area contributed by atoms with Crippen molar-refractivity contribution in [3.63, 3.8) is 0 Å². The van der Waals surface area contributed by atoms with Crippen LogP contribution in [0.4, 0.5) is 0 Å². The summed E-state index contributed by atoms with van der Waals surface area (Å²) in [5.41, 5.74) is 6.29. The van der Waals surface area contributed by atoms with Crippen LogP contribution in [0.2, 0.25) is 0 Å². The van der Waals surface area contributed by atoms with Crippen molar-refractivity contribution in [3.8, 4) is 0 Å². The smallest absolute Gasteiger partial charge is 0.187 e. The number of hydrogen-bond acceptors (Lipinski definition) is 2. The van der Waals surface area contributed by atoms with Crippen LogP contribution in [0, 0.1) is 0 Å². The van der Waals surface area contributed by atoms with Gasteiger partial charge in [0.2, 0.25) is 0 Å².